The van der Waals surface area contributed by atoms with Crippen LogP contribution in [0, 0.1) is 0 Å². The van der Waals surface area contributed by atoms with E-state index in [1.54, 1.807) is 0 Å². The molecule has 1 saturated carbocycles. The Morgan fingerprint density at radius 2 is 2.06 bits per heavy atom. The van der Waals surface area contributed by atoms with Crippen LogP contribution in [0.15, 0.2) is 10.8 Å². The predicted octanol–water partition coefficient (Wildman–Crippen LogP) is 1.90. The first-order chi connectivity index (χ1) is 8.81. The maximum Gasteiger partial charge on any atom is 0.159 e. The van der Waals surface area contributed by atoms with Gasteiger partial charge in [0.15, 0.2) is 5.82 Å². The highest BCUT2D eigenvalue weighted by Crippen LogP contribution is 2.25. The van der Waals surface area contributed by atoms with Gasteiger partial charge >= 0.3 is 0 Å². The van der Waals surface area contributed by atoms with Crippen LogP contribution in [0.2, 0.25) is 0 Å². The SMILES string of the molecule is NNc1ncnc(NCCOC2CCCC2)c1Br. The summed E-state index contributed by atoms with van der Waals surface area (Å²) in [5, 5.41) is 3.19. The van der Waals surface area contributed by atoms with Crippen molar-refractivity contribution in [1.29, 1.82) is 0 Å². The van der Waals surface area contributed by atoms with Gasteiger partial charge in [0, 0.05) is 6.54 Å². The molecular formula is C11H18BrN5O. The summed E-state index contributed by atoms with van der Waals surface area (Å²) in [6, 6.07) is 0. The lowest BCUT2D eigenvalue weighted by molar-refractivity contribution is 0.0658. The minimum absolute atomic E-state index is 0.446. The highest BCUT2D eigenvalue weighted by molar-refractivity contribution is 9.10. The van der Waals surface area contributed by atoms with E-state index in [-0.39, 0.29) is 0 Å². The normalized spacial score (nSPS) is 15.9. The molecule has 1 aliphatic carbocycles. The Hall–Kier alpha value is -0.920. The number of hydrazine groups is 1. The van der Waals surface area contributed by atoms with Gasteiger partial charge < -0.3 is 15.5 Å². The molecule has 1 heterocycles. The quantitative estimate of drug-likeness (QED) is 0.422. The Bertz CT molecular complexity index is 384. The zero-order valence-corrected chi connectivity index (χ0v) is 11.7. The standard InChI is InChI=1S/C11H18BrN5O/c12-9-10(15-7-16-11(9)17-13)14-5-6-18-8-3-1-2-4-8/h7-8H,1-6,13H2,(H2,14,15,16,17). The Balaban J connectivity index is 1.75. The number of nitrogens with two attached hydrogens (primary N) is 1. The number of hydrogen-bond acceptors (Lipinski definition) is 6. The van der Waals surface area contributed by atoms with E-state index in [4.69, 9.17) is 10.6 Å². The molecule has 0 radical (unpaired) electrons. The Morgan fingerprint density at radius 3 is 2.78 bits per heavy atom. The van der Waals surface area contributed by atoms with E-state index in [2.05, 4.69) is 36.6 Å². The third kappa shape index (κ3) is 3.54. The van der Waals surface area contributed by atoms with Gasteiger partial charge in [-0.05, 0) is 28.8 Å². The summed E-state index contributed by atoms with van der Waals surface area (Å²) >= 11 is 3.39. The number of nitrogens with zero attached hydrogens (tertiary/aromatic N) is 2. The van der Waals surface area contributed by atoms with Crippen LogP contribution in [0.5, 0.6) is 0 Å². The van der Waals surface area contributed by atoms with Crippen molar-refractivity contribution in [3.63, 3.8) is 0 Å². The van der Waals surface area contributed by atoms with Gasteiger partial charge in [-0.25, -0.2) is 15.8 Å². The summed E-state index contributed by atoms with van der Waals surface area (Å²) in [4.78, 5) is 8.12. The van der Waals surface area contributed by atoms with Crippen LogP contribution in [0.4, 0.5) is 11.6 Å². The topological polar surface area (TPSA) is 85.1 Å². The van der Waals surface area contributed by atoms with Gasteiger partial charge in [0.2, 0.25) is 0 Å². The monoisotopic (exact) mass is 315 g/mol. The minimum Gasteiger partial charge on any atom is -0.376 e. The number of halogens is 1. The molecular weight excluding hydrogens is 298 g/mol. The van der Waals surface area contributed by atoms with Gasteiger partial charge in [-0.3, -0.25) is 0 Å². The maximum atomic E-state index is 5.76. The number of anilines is 2. The van der Waals surface area contributed by atoms with E-state index >= 15 is 0 Å². The molecule has 1 aromatic heterocycles. The molecule has 0 saturated heterocycles. The Kier molecular flexibility index (Phi) is 5.15. The number of ether oxygens (including phenoxy) is 1. The molecule has 0 spiro atoms. The zero-order valence-electron chi connectivity index (χ0n) is 10.2. The maximum absolute atomic E-state index is 5.76. The Labute approximate surface area is 115 Å². The summed E-state index contributed by atoms with van der Waals surface area (Å²) < 4.78 is 6.49. The second-order valence-corrected chi connectivity index (χ2v) is 5.03. The molecule has 100 valence electrons. The smallest absolute Gasteiger partial charge is 0.159 e. The molecule has 0 bridgehead atoms. The van der Waals surface area contributed by atoms with Crippen LogP contribution in [0.25, 0.3) is 0 Å². The average Bonchev–Trinajstić information content (AvgIpc) is 2.89. The molecule has 1 aliphatic rings. The van der Waals surface area contributed by atoms with Gasteiger partial charge in [0.25, 0.3) is 0 Å². The van der Waals surface area contributed by atoms with Crippen molar-refractivity contribution in [3.8, 4) is 0 Å². The Morgan fingerprint density at radius 1 is 1.33 bits per heavy atom. The fourth-order valence-electron chi connectivity index (χ4n) is 2.04. The first-order valence-electron chi connectivity index (χ1n) is 6.14. The van der Waals surface area contributed by atoms with E-state index in [0.29, 0.717) is 24.3 Å². The summed E-state index contributed by atoms with van der Waals surface area (Å²) in [5.41, 5.74) is 2.50. The third-order valence-electron chi connectivity index (χ3n) is 2.98. The number of nitrogens with one attached hydrogen (secondary N) is 2. The van der Waals surface area contributed by atoms with Crippen LogP contribution in [-0.2, 0) is 4.74 Å². The minimum atomic E-state index is 0.446. The lowest BCUT2D eigenvalue weighted by atomic mass is 10.3. The molecule has 7 heteroatoms. The van der Waals surface area contributed by atoms with E-state index in [1.807, 2.05) is 0 Å². The van der Waals surface area contributed by atoms with Crippen molar-refractivity contribution in [2.45, 2.75) is 31.8 Å². The summed E-state index contributed by atoms with van der Waals surface area (Å²) in [5.74, 6) is 6.61. The van der Waals surface area contributed by atoms with Crippen LogP contribution in [0.1, 0.15) is 25.7 Å². The number of aromatic nitrogens is 2. The van der Waals surface area contributed by atoms with Crippen LogP contribution < -0.4 is 16.6 Å². The number of rotatable bonds is 6. The number of hydrogen-bond donors (Lipinski definition) is 3. The lowest BCUT2D eigenvalue weighted by Crippen LogP contribution is -2.17. The summed E-state index contributed by atoms with van der Waals surface area (Å²) in [6.07, 6.45) is 6.88. The average molecular weight is 316 g/mol. The molecule has 0 amide bonds. The number of nitrogen functional groups attached to an aromatic ring is 1. The van der Waals surface area contributed by atoms with Gasteiger partial charge in [-0.1, -0.05) is 12.8 Å². The zero-order chi connectivity index (χ0) is 12.8. The van der Waals surface area contributed by atoms with Crippen molar-refractivity contribution in [2.75, 3.05) is 23.9 Å². The van der Waals surface area contributed by atoms with Crippen molar-refractivity contribution in [3.05, 3.63) is 10.8 Å². The van der Waals surface area contributed by atoms with Crippen LogP contribution in [-0.4, -0.2) is 29.2 Å². The third-order valence-corrected chi connectivity index (χ3v) is 3.73. The highest BCUT2D eigenvalue weighted by atomic mass is 79.9. The molecule has 1 aromatic rings. The molecule has 0 aromatic carbocycles. The molecule has 0 aliphatic heterocycles. The molecule has 1 fully saturated rings. The lowest BCUT2D eigenvalue weighted by Gasteiger charge is -2.13. The van der Waals surface area contributed by atoms with Crippen LogP contribution in [0.3, 0.4) is 0 Å². The van der Waals surface area contributed by atoms with Crippen molar-refractivity contribution < 1.29 is 4.74 Å². The van der Waals surface area contributed by atoms with Gasteiger partial charge in [-0.2, -0.15) is 0 Å². The molecule has 18 heavy (non-hydrogen) atoms. The largest absolute Gasteiger partial charge is 0.376 e. The second kappa shape index (κ2) is 6.86. The van der Waals surface area contributed by atoms with E-state index in [0.717, 1.165) is 11.0 Å². The summed E-state index contributed by atoms with van der Waals surface area (Å²) in [7, 11) is 0. The molecule has 6 nitrogen and oxygen atoms in total. The molecule has 4 N–H and O–H groups in total. The van der Waals surface area contributed by atoms with Gasteiger partial charge in [0.1, 0.15) is 16.6 Å². The van der Waals surface area contributed by atoms with E-state index < -0.39 is 0 Å². The first-order valence-corrected chi connectivity index (χ1v) is 6.93. The van der Waals surface area contributed by atoms with Crippen molar-refractivity contribution >= 4 is 27.6 Å². The molecule has 2 rings (SSSR count). The van der Waals surface area contributed by atoms with E-state index in [9.17, 15) is 0 Å². The predicted molar refractivity (Wildman–Crippen MR) is 74.2 cm³/mol. The fraction of sp³-hybridized carbons (Fsp3) is 0.636. The van der Waals surface area contributed by atoms with Gasteiger partial charge in [0.05, 0.1) is 12.7 Å². The van der Waals surface area contributed by atoms with Crippen LogP contribution >= 0.6 is 15.9 Å². The van der Waals surface area contributed by atoms with E-state index in [1.165, 1.54) is 32.0 Å². The molecule has 0 atom stereocenters. The van der Waals surface area contributed by atoms with Gasteiger partial charge in [-0.15, -0.1) is 0 Å². The van der Waals surface area contributed by atoms with Crippen molar-refractivity contribution in [1.82, 2.24) is 9.97 Å². The fourth-order valence-corrected chi connectivity index (χ4v) is 2.50. The molecule has 0 unspecified atom stereocenters. The summed E-state index contributed by atoms with van der Waals surface area (Å²) in [6.45, 7) is 1.41. The van der Waals surface area contributed by atoms with Crippen molar-refractivity contribution in [2.24, 2.45) is 5.84 Å². The second-order valence-electron chi connectivity index (χ2n) is 4.23. The first kappa shape index (κ1) is 13.5. The highest BCUT2D eigenvalue weighted by Gasteiger charge is 2.14.